The Morgan fingerprint density at radius 1 is 1.00 bits per heavy atom. The third-order valence-corrected chi connectivity index (χ3v) is 10.5. The van der Waals surface area contributed by atoms with Crippen LogP contribution in [0, 0.1) is 0 Å². The molecule has 2 fully saturated rings. The molecule has 0 atom stereocenters. The summed E-state index contributed by atoms with van der Waals surface area (Å²) in [5.74, 6) is 0.138. The maximum Gasteiger partial charge on any atom is 0.419 e. The number of piperidine rings is 1. The van der Waals surface area contributed by atoms with Crippen molar-refractivity contribution in [3.8, 4) is 11.3 Å². The minimum absolute atomic E-state index is 0.00624. The van der Waals surface area contributed by atoms with Crippen LogP contribution in [0.5, 0.6) is 0 Å². The molecule has 2 aliphatic rings. The number of piperazine rings is 1. The van der Waals surface area contributed by atoms with Gasteiger partial charge in [-0.2, -0.15) is 18.3 Å². The molecule has 0 radical (unpaired) electrons. The lowest BCUT2D eigenvalue weighted by molar-refractivity contribution is -0.137. The molecule has 0 unspecified atom stereocenters. The number of carbonyl (C=O) groups excluding carboxylic acids is 2. The minimum atomic E-state index is -4.64. The molecule has 16 heteroatoms. The number of aldehydes is 1. The molecule has 0 spiro atoms. The first kappa shape index (κ1) is 39.2. The standard InChI is InChI=1S/C38H46F3N9O3S/c1-37(2,53)26-49-25-29(22-43-49)35-34(38(39,40)41)23-42-36(45-35)44-30-11-14-50(15-12-30)54-33-6-3-5-28(21-33)24-46-16-18-47(19-17-46)31-7-9-32(10-8-31)48(27-52)13-4-20-51/h3,5-10,20-23,25,27,30,53H,4,11-19,24,26H2,1-2H3,(H,42,44,45). The van der Waals surface area contributed by atoms with Gasteiger partial charge in [0.2, 0.25) is 12.4 Å². The molecule has 2 aromatic heterocycles. The zero-order chi connectivity index (χ0) is 38.3. The number of nitrogens with one attached hydrogen (secondary N) is 1. The molecule has 12 nitrogen and oxygen atoms in total. The van der Waals surface area contributed by atoms with E-state index in [0.29, 0.717) is 13.0 Å². The molecule has 1 amide bonds. The van der Waals surface area contributed by atoms with Gasteiger partial charge < -0.3 is 25.0 Å². The second-order valence-corrected chi connectivity index (χ2v) is 15.5. The Kier molecular flexibility index (Phi) is 12.6. The van der Waals surface area contributed by atoms with E-state index in [4.69, 9.17) is 0 Å². The number of aliphatic hydroxyl groups is 1. The van der Waals surface area contributed by atoms with Crippen LogP contribution in [0.3, 0.4) is 0 Å². The van der Waals surface area contributed by atoms with Gasteiger partial charge in [0.05, 0.1) is 24.0 Å². The lowest BCUT2D eigenvalue weighted by atomic mass is 10.1. The van der Waals surface area contributed by atoms with E-state index < -0.39 is 17.3 Å². The monoisotopic (exact) mass is 765 g/mol. The van der Waals surface area contributed by atoms with E-state index in [1.165, 1.54) is 22.6 Å². The van der Waals surface area contributed by atoms with Crippen LogP contribution in [-0.4, -0.2) is 104 Å². The number of hydrogen-bond donors (Lipinski definition) is 2. The van der Waals surface area contributed by atoms with E-state index >= 15 is 0 Å². The molecule has 0 bridgehead atoms. The Labute approximate surface area is 317 Å². The van der Waals surface area contributed by atoms with Crippen molar-refractivity contribution < 1.29 is 27.9 Å². The first-order valence-corrected chi connectivity index (χ1v) is 18.8. The quantitative estimate of drug-likeness (QED) is 0.116. The maximum absolute atomic E-state index is 13.9. The number of aromatic nitrogens is 4. The molecule has 2 N–H and O–H groups in total. The van der Waals surface area contributed by atoms with Gasteiger partial charge in [-0.05, 0) is 80.6 Å². The van der Waals surface area contributed by atoms with Crippen LogP contribution in [0.25, 0.3) is 11.3 Å². The first-order chi connectivity index (χ1) is 25.9. The molecule has 4 aromatic rings. The molecule has 54 heavy (non-hydrogen) atoms. The van der Waals surface area contributed by atoms with Gasteiger partial charge in [0.1, 0.15) is 11.8 Å². The van der Waals surface area contributed by atoms with Crippen LogP contribution in [0.15, 0.2) is 72.0 Å². The molecule has 6 rings (SSSR count). The highest BCUT2D eigenvalue weighted by Gasteiger charge is 2.36. The molecule has 288 valence electrons. The van der Waals surface area contributed by atoms with Crippen molar-refractivity contribution in [3.05, 3.63) is 78.2 Å². The number of carbonyl (C=O) groups is 2. The zero-order valence-electron chi connectivity index (χ0n) is 30.5. The van der Waals surface area contributed by atoms with Gasteiger partial charge in [-0.15, -0.1) is 0 Å². The SMILES string of the molecule is CC(C)(O)Cn1cc(-c2nc(NC3CCN(Sc4cccc(CN5CCN(c6ccc(N(C=O)CCC=O)cc6)CC5)c4)CC3)ncc2C(F)(F)F)cn1. The van der Waals surface area contributed by atoms with Gasteiger partial charge >= 0.3 is 6.18 Å². The van der Waals surface area contributed by atoms with Crippen LogP contribution in [0.2, 0.25) is 0 Å². The third-order valence-electron chi connectivity index (χ3n) is 9.41. The predicted molar refractivity (Wildman–Crippen MR) is 203 cm³/mol. The van der Waals surface area contributed by atoms with Crippen molar-refractivity contribution in [1.29, 1.82) is 0 Å². The van der Waals surface area contributed by atoms with E-state index in [2.05, 4.69) is 58.8 Å². The summed E-state index contributed by atoms with van der Waals surface area (Å²) in [5.41, 5.74) is 1.07. The molecule has 2 aliphatic heterocycles. The summed E-state index contributed by atoms with van der Waals surface area (Å²) < 4.78 is 45.4. The third kappa shape index (κ3) is 10.6. The lowest BCUT2D eigenvalue weighted by Gasteiger charge is -2.36. The average Bonchev–Trinajstić information content (AvgIpc) is 3.60. The van der Waals surface area contributed by atoms with E-state index in [9.17, 15) is 27.9 Å². The van der Waals surface area contributed by atoms with Crippen LogP contribution in [-0.2, 0) is 28.9 Å². The highest BCUT2D eigenvalue weighted by molar-refractivity contribution is 7.97. The predicted octanol–water partition coefficient (Wildman–Crippen LogP) is 5.59. The molecule has 0 aliphatic carbocycles. The second-order valence-electron chi connectivity index (χ2n) is 14.3. The van der Waals surface area contributed by atoms with E-state index in [1.54, 1.807) is 30.7 Å². The van der Waals surface area contributed by atoms with Gasteiger partial charge in [0.25, 0.3) is 0 Å². The summed E-state index contributed by atoms with van der Waals surface area (Å²) in [6.07, 6.45) is 2.39. The number of halogens is 3. The van der Waals surface area contributed by atoms with Crippen molar-refractivity contribution in [2.75, 3.05) is 60.9 Å². The Morgan fingerprint density at radius 2 is 1.74 bits per heavy atom. The number of amides is 1. The number of hydrogen-bond acceptors (Lipinski definition) is 11. The van der Waals surface area contributed by atoms with Crippen molar-refractivity contribution in [2.45, 2.75) is 68.9 Å². The smallest absolute Gasteiger partial charge is 0.389 e. The first-order valence-electron chi connectivity index (χ1n) is 18.1. The molecule has 2 aromatic carbocycles. The average molecular weight is 766 g/mol. The number of rotatable bonds is 15. The second kappa shape index (κ2) is 17.3. The minimum Gasteiger partial charge on any atom is -0.389 e. The Hall–Kier alpha value is -4.51. The maximum atomic E-state index is 13.9. The summed E-state index contributed by atoms with van der Waals surface area (Å²) in [6.45, 7) is 9.77. The topological polar surface area (TPSA) is 123 Å². The van der Waals surface area contributed by atoms with E-state index in [1.807, 2.05) is 24.3 Å². The van der Waals surface area contributed by atoms with Crippen LogP contribution in [0.4, 0.5) is 30.5 Å². The van der Waals surface area contributed by atoms with Crippen molar-refractivity contribution in [2.24, 2.45) is 0 Å². The molecule has 4 heterocycles. The Bertz CT molecular complexity index is 1850. The summed E-state index contributed by atoms with van der Waals surface area (Å²) in [4.78, 5) is 38.0. The highest BCUT2D eigenvalue weighted by Crippen LogP contribution is 2.36. The van der Waals surface area contributed by atoms with Crippen molar-refractivity contribution in [3.63, 3.8) is 0 Å². The van der Waals surface area contributed by atoms with Gasteiger partial charge in [-0.3, -0.25) is 14.4 Å². The number of alkyl halides is 3. The fraction of sp³-hybridized carbons (Fsp3) is 0.447. The lowest BCUT2D eigenvalue weighted by Crippen LogP contribution is -2.45. The van der Waals surface area contributed by atoms with Crippen molar-refractivity contribution >= 4 is 42.0 Å². The van der Waals surface area contributed by atoms with Gasteiger partial charge in [0, 0.05) is 99.0 Å². The summed E-state index contributed by atoms with van der Waals surface area (Å²) in [6, 6.07) is 16.5. The molecule has 2 saturated heterocycles. The van der Waals surface area contributed by atoms with Crippen LogP contribution >= 0.6 is 11.9 Å². The fourth-order valence-electron chi connectivity index (χ4n) is 6.68. The van der Waals surface area contributed by atoms with Crippen LogP contribution in [0.1, 0.15) is 44.2 Å². The van der Waals surface area contributed by atoms with E-state index in [0.717, 1.165) is 93.8 Å². The Morgan fingerprint density at radius 3 is 2.41 bits per heavy atom. The Balaban J connectivity index is 0.980. The fourth-order valence-corrected chi connectivity index (χ4v) is 7.72. The zero-order valence-corrected chi connectivity index (χ0v) is 31.3. The van der Waals surface area contributed by atoms with Gasteiger partial charge in [0.15, 0.2) is 0 Å². The molecular weight excluding hydrogens is 720 g/mol. The van der Waals surface area contributed by atoms with Gasteiger partial charge in [-0.25, -0.2) is 14.3 Å². The highest BCUT2D eigenvalue weighted by atomic mass is 32.2. The summed E-state index contributed by atoms with van der Waals surface area (Å²) in [5, 5.41) is 17.5. The number of benzene rings is 2. The number of anilines is 3. The molecule has 0 saturated carbocycles. The van der Waals surface area contributed by atoms with E-state index in [-0.39, 0.29) is 29.8 Å². The largest absolute Gasteiger partial charge is 0.419 e. The van der Waals surface area contributed by atoms with Gasteiger partial charge in [-0.1, -0.05) is 12.1 Å². The summed E-state index contributed by atoms with van der Waals surface area (Å²) in [7, 11) is 0. The van der Waals surface area contributed by atoms with Crippen LogP contribution < -0.4 is 15.1 Å². The van der Waals surface area contributed by atoms with Crippen molar-refractivity contribution in [1.82, 2.24) is 29.0 Å². The summed E-state index contributed by atoms with van der Waals surface area (Å²) >= 11 is 1.72. The number of nitrogens with zero attached hydrogens (tertiary/aromatic N) is 8. The normalized spacial score (nSPS) is 16.4. The molecular formula is C38H46F3N9O3S.